The van der Waals surface area contributed by atoms with Crippen molar-refractivity contribution in [3.63, 3.8) is 0 Å². The molecule has 3 aliphatic rings. The van der Waals surface area contributed by atoms with Crippen molar-refractivity contribution < 1.29 is 13.2 Å². The van der Waals surface area contributed by atoms with Crippen molar-refractivity contribution in [2.45, 2.75) is 42.7 Å². The number of rotatable bonds is 3. The standard InChI is InChI=1S/C20H27F3N8/c1-30-10-12(8-26-30)15-7-13-16(9-25-15)28-29-18(13)14-3-2-4-17(27-14)31-6-5-19(24,11-31)20(21,22)23/h2-4,8,10,13,15-16,18,25,28-29H,5-7,9,11,24H2,1H3. The maximum Gasteiger partial charge on any atom is 0.408 e. The van der Waals surface area contributed by atoms with Crippen molar-refractivity contribution in [1.29, 1.82) is 0 Å². The molecule has 11 heteroatoms. The summed E-state index contributed by atoms with van der Waals surface area (Å²) in [6.45, 7) is 0.769. The molecular formula is C20H27F3N8. The summed E-state index contributed by atoms with van der Waals surface area (Å²) in [7, 11) is 1.90. The molecule has 31 heavy (non-hydrogen) atoms. The number of nitrogens with two attached hydrogens (primary N) is 1. The monoisotopic (exact) mass is 436 g/mol. The molecule has 0 amide bonds. The van der Waals surface area contributed by atoms with Gasteiger partial charge in [-0.25, -0.2) is 10.4 Å². The largest absolute Gasteiger partial charge is 0.408 e. The lowest BCUT2D eigenvalue weighted by molar-refractivity contribution is -0.179. The van der Waals surface area contributed by atoms with Crippen LogP contribution in [0.5, 0.6) is 0 Å². The Labute approximate surface area is 178 Å². The molecule has 5 rings (SSSR count). The molecule has 0 aliphatic carbocycles. The smallest absolute Gasteiger partial charge is 0.354 e. The number of anilines is 1. The van der Waals surface area contributed by atoms with Gasteiger partial charge in [0.25, 0.3) is 0 Å². The molecule has 8 nitrogen and oxygen atoms in total. The first kappa shape index (κ1) is 20.7. The molecule has 0 spiro atoms. The summed E-state index contributed by atoms with van der Waals surface area (Å²) < 4.78 is 41.8. The molecule has 0 saturated carbocycles. The molecule has 3 aliphatic heterocycles. The number of halogens is 3. The van der Waals surface area contributed by atoms with Crippen molar-refractivity contribution >= 4 is 5.82 Å². The van der Waals surface area contributed by atoms with Crippen LogP contribution in [-0.4, -0.2) is 52.2 Å². The maximum atomic E-state index is 13.3. The Morgan fingerprint density at radius 2 is 2.10 bits per heavy atom. The fourth-order valence-corrected chi connectivity index (χ4v) is 4.99. The van der Waals surface area contributed by atoms with Gasteiger partial charge >= 0.3 is 6.18 Å². The summed E-state index contributed by atoms with van der Waals surface area (Å²) in [5.41, 5.74) is 12.1. The van der Waals surface area contributed by atoms with Gasteiger partial charge in [-0.05, 0) is 25.0 Å². The van der Waals surface area contributed by atoms with E-state index < -0.39 is 11.7 Å². The summed E-state index contributed by atoms with van der Waals surface area (Å²) >= 11 is 0. The third-order valence-electron chi connectivity index (χ3n) is 6.85. The summed E-state index contributed by atoms with van der Waals surface area (Å²) in [5.74, 6) is 0.827. The van der Waals surface area contributed by atoms with Gasteiger partial charge in [0.15, 0.2) is 0 Å². The third-order valence-corrected chi connectivity index (χ3v) is 6.85. The Kier molecular flexibility index (Phi) is 4.96. The van der Waals surface area contributed by atoms with E-state index in [0.717, 1.165) is 24.2 Å². The number of aromatic nitrogens is 3. The van der Waals surface area contributed by atoms with Crippen LogP contribution in [0.25, 0.3) is 0 Å². The fraction of sp³-hybridized carbons (Fsp3) is 0.600. The van der Waals surface area contributed by atoms with E-state index >= 15 is 0 Å². The number of hydrogen-bond acceptors (Lipinski definition) is 7. The van der Waals surface area contributed by atoms with Gasteiger partial charge < -0.3 is 16.0 Å². The van der Waals surface area contributed by atoms with Crippen molar-refractivity contribution in [1.82, 2.24) is 30.9 Å². The van der Waals surface area contributed by atoms with E-state index in [2.05, 4.69) is 21.3 Å². The minimum absolute atomic E-state index is 0.0286. The van der Waals surface area contributed by atoms with Crippen LogP contribution in [-0.2, 0) is 7.05 Å². The Morgan fingerprint density at radius 1 is 1.26 bits per heavy atom. The molecule has 0 aromatic carbocycles. The normalized spacial score (nSPS) is 33.6. The molecule has 5 N–H and O–H groups in total. The van der Waals surface area contributed by atoms with Gasteiger partial charge in [0.05, 0.1) is 17.9 Å². The molecule has 3 fully saturated rings. The highest BCUT2D eigenvalue weighted by molar-refractivity contribution is 5.43. The van der Waals surface area contributed by atoms with E-state index in [1.807, 2.05) is 31.6 Å². The van der Waals surface area contributed by atoms with Gasteiger partial charge in [-0.15, -0.1) is 0 Å². The molecule has 0 radical (unpaired) electrons. The summed E-state index contributed by atoms with van der Waals surface area (Å²) in [6, 6.07) is 5.96. The molecular weight excluding hydrogens is 409 g/mol. The van der Waals surface area contributed by atoms with E-state index in [0.29, 0.717) is 5.82 Å². The summed E-state index contributed by atoms with van der Waals surface area (Å²) in [6.07, 6.45) is 0.245. The Bertz CT molecular complexity index is 947. The minimum atomic E-state index is -4.43. The van der Waals surface area contributed by atoms with Crippen molar-refractivity contribution in [3.05, 3.63) is 41.9 Å². The topological polar surface area (TPSA) is 96.1 Å². The number of aryl methyl sites for hydroxylation is 1. The Hall–Kier alpha value is -2.21. The van der Waals surface area contributed by atoms with E-state index in [4.69, 9.17) is 10.7 Å². The molecule has 5 atom stereocenters. The second-order valence-corrected chi connectivity index (χ2v) is 8.93. The third kappa shape index (κ3) is 3.69. The van der Waals surface area contributed by atoms with Crippen LogP contribution < -0.4 is 26.8 Å². The predicted molar refractivity (Wildman–Crippen MR) is 109 cm³/mol. The molecule has 168 valence electrons. The molecule has 2 aromatic heterocycles. The molecule has 3 saturated heterocycles. The molecule has 2 aromatic rings. The van der Waals surface area contributed by atoms with Gasteiger partial charge in [0.1, 0.15) is 11.4 Å². The van der Waals surface area contributed by atoms with Crippen molar-refractivity contribution in [2.75, 3.05) is 24.5 Å². The van der Waals surface area contributed by atoms with Gasteiger partial charge in [-0.2, -0.15) is 18.3 Å². The number of fused-ring (bicyclic) bond motifs is 1. The van der Waals surface area contributed by atoms with Crippen LogP contribution >= 0.6 is 0 Å². The van der Waals surface area contributed by atoms with Crippen LogP contribution in [0.15, 0.2) is 30.6 Å². The van der Waals surface area contributed by atoms with Gasteiger partial charge in [-0.3, -0.25) is 10.1 Å². The average Bonchev–Trinajstić information content (AvgIpc) is 3.45. The predicted octanol–water partition coefficient (Wildman–Crippen LogP) is 1.15. The number of alkyl halides is 3. The maximum absolute atomic E-state index is 13.3. The van der Waals surface area contributed by atoms with Gasteiger partial charge in [0.2, 0.25) is 0 Å². The van der Waals surface area contributed by atoms with Gasteiger partial charge in [-0.1, -0.05) is 6.07 Å². The highest BCUT2D eigenvalue weighted by Crippen LogP contribution is 2.40. The van der Waals surface area contributed by atoms with Crippen LogP contribution in [0.1, 0.15) is 36.2 Å². The second kappa shape index (κ2) is 7.44. The quantitative estimate of drug-likeness (QED) is 0.573. The lowest BCUT2D eigenvalue weighted by atomic mass is 9.82. The number of nitrogens with one attached hydrogen (secondary N) is 3. The highest BCUT2D eigenvalue weighted by atomic mass is 19.4. The van der Waals surface area contributed by atoms with E-state index in [-0.39, 0.29) is 43.6 Å². The SMILES string of the molecule is Cn1cc(C2CC3C(CN2)NNC3c2cccc(N3CCC(N)(C(F)(F)F)C3)n2)cn1. The second-order valence-electron chi connectivity index (χ2n) is 8.93. The minimum Gasteiger partial charge on any atom is -0.354 e. The lowest BCUT2D eigenvalue weighted by Gasteiger charge is -2.34. The number of nitrogens with zero attached hydrogens (tertiary/aromatic N) is 4. The molecule has 5 unspecified atom stereocenters. The van der Waals surface area contributed by atoms with Gasteiger partial charge in [0, 0.05) is 56.4 Å². The Balaban J connectivity index is 1.34. The van der Waals surface area contributed by atoms with Crippen LogP contribution in [0, 0.1) is 5.92 Å². The first-order chi connectivity index (χ1) is 14.7. The summed E-state index contributed by atoms with van der Waals surface area (Å²) in [5, 5.41) is 7.84. The van der Waals surface area contributed by atoms with E-state index in [1.165, 1.54) is 0 Å². The van der Waals surface area contributed by atoms with Crippen LogP contribution in [0.4, 0.5) is 19.0 Å². The van der Waals surface area contributed by atoms with E-state index in [1.54, 1.807) is 15.6 Å². The van der Waals surface area contributed by atoms with Crippen molar-refractivity contribution in [3.8, 4) is 0 Å². The highest BCUT2D eigenvalue weighted by Gasteiger charge is 2.55. The summed E-state index contributed by atoms with van der Waals surface area (Å²) in [4.78, 5) is 6.38. The molecule has 5 heterocycles. The zero-order valence-electron chi connectivity index (χ0n) is 17.2. The molecule has 0 bridgehead atoms. The van der Waals surface area contributed by atoms with Crippen LogP contribution in [0.3, 0.4) is 0 Å². The van der Waals surface area contributed by atoms with Crippen molar-refractivity contribution in [2.24, 2.45) is 18.7 Å². The average molecular weight is 436 g/mol. The number of piperidine rings is 1. The Morgan fingerprint density at radius 3 is 2.81 bits per heavy atom. The number of pyridine rings is 1. The first-order valence-corrected chi connectivity index (χ1v) is 10.5. The lowest BCUT2D eigenvalue weighted by Crippen LogP contribution is -2.55. The first-order valence-electron chi connectivity index (χ1n) is 10.5. The zero-order chi connectivity index (χ0) is 21.8. The number of hydrogen-bond donors (Lipinski definition) is 4. The zero-order valence-corrected chi connectivity index (χ0v) is 17.2. The fourth-order valence-electron chi connectivity index (χ4n) is 4.99. The number of hydrazine groups is 1. The van der Waals surface area contributed by atoms with E-state index in [9.17, 15) is 13.2 Å². The van der Waals surface area contributed by atoms with Crippen LogP contribution in [0.2, 0.25) is 0 Å².